The molecule has 0 aliphatic carbocycles. The predicted molar refractivity (Wildman–Crippen MR) is 71.5 cm³/mol. The van der Waals surface area contributed by atoms with Crippen LogP contribution in [-0.4, -0.2) is 22.5 Å². The molecule has 5 heteroatoms. The molecule has 1 heterocycles. The van der Waals surface area contributed by atoms with Gasteiger partial charge in [0.1, 0.15) is 11.3 Å². The van der Waals surface area contributed by atoms with Gasteiger partial charge in [0.2, 0.25) is 0 Å². The summed E-state index contributed by atoms with van der Waals surface area (Å²) in [7, 11) is 0. The lowest BCUT2D eigenvalue weighted by molar-refractivity contribution is 0.0694. The Kier molecular flexibility index (Phi) is 4.75. The number of hydrogen-bond acceptors (Lipinski definition) is 3. The second-order valence-electron chi connectivity index (χ2n) is 5.19. The molecule has 0 radical (unpaired) electrons. The molecule has 1 rings (SSSR count). The van der Waals surface area contributed by atoms with Crippen LogP contribution in [0.25, 0.3) is 0 Å². The molecule has 1 amide bonds. The molecule has 106 valence electrons. The van der Waals surface area contributed by atoms with Gasteiger partial charge in [0.15, 0.2) is 5.76 Å². The van der Waals surface area contributed by atoms with Gasteiger partial charge in [-0.1, -0.05) is 20.3 Å². The molecule has 0 aromatic carbocycles. The molecule has 0 fully saturated rings. The third-order valence-corrected chi connectivity index (χ3v) is 2.91. The third-order valence-electron chi connectivity index (χ3n) is 2.91. The minimum atomic E-state index is -1.08. The van der Waals surface area contributed by atoms with E-state index in [-0.39, 0.29) is 22.8 Å². The number of nitrogens with one attached hydrogen (secondary N) is 1. The van der Waals surface area contributed by atoms with Crippen LogP contribution in [0.15, 0.2) is 10.5 Å². The van der Waals surface area contributed by atoms with E-state index in [9.17, 15) is 9.59 Å². The van der Waals surface area contributed by atoms with E-state index in [4.69, 9.17) is 9.52 Å². The van der Waals surface area contributed by atoms with Crippen molar-refractivity contribution in [2.24, 2.45) is 0 Å². The summed E-state index contributed by atoms with van der Waals surface area (Å²) in [5, 5.41) is 11.9. The van der Waals surface area contributed by atoms with Crippen molar-refractivity contribution in [2.75, 3.05) is 0 Å². The lowest BCUT2D eigenvalue weighted by Gasteiger charge is -2.25. The van der Waals surface area contributed by atoms with Crippen LogP contribution in [0.4, 0.5) is 0 Å². The lowest BCUT2D eigenvalue weighted by Crippen LogP contribution is -2.43. The highest BCUT2D eigenvalue weighted by Crippen LogP contribution is 2.18. The second-order valence-corrected chi connectivity index (χ2v) is 5.19. The molecule has 0 saturated heterocycles. The third kappa shape index (κ3) is 3.84. The van der Waals surface area contributed by atoms with E-state index < -0.39 is 5.97 Å². The fraction of sp³-hybridized carbons (Fsp3) is 0.571. The number of carboxylic acid groups (broad SMARTS) is 1. The fourth-order valence-electron chi connectivity index (χ4n) is 2.04. The number of furan rings is 1. The van der Waals surface area contributed by atoms with Crippen LogP contribution in [0.3, 0.4) is 0 Å². The van der Waals surface area contributed by atoms with Gasteiger partial charge < -0.3 is 14.8 Å². The molecule has 0 bridgehead atoms. The largest absolute Gasteiger partial charge is 0.478 e. The second kappa shape index (κ2) is 5.91. The summed E-state index contributed by atoms with van der Waals surface area (Å²) in [6, 6.07) is 1.29. The number of amides is 1. The fourth-order valence-corrected chi connectivity index (χ4v) is 2.04. The Labute approximate surface area is 113 Å². The van der Waals surface area contributed by atoms with E-state index in [0.717, 1.165) is 12.8 Å². The van der Waals surface area contributed by atoms with E-state index in [1.165, 1.54) is 6.07 Å². The predicted octanol–water partition coefficient (Wildman–Crippen LogP) is 2.85. The first kappa shape index (κ1) is 15.3. The van der Waals surface area contributed by atoms with Gasteiger partial charge in [-0.15, -0.1) is 0 Å². The van der Waals surface area contributed by atoms with Crippen molar-refractivity contribution in [2.45, 2.75) is 52.5 Å². The number of carboxylic acids is 1. The zero-order chi connectivity index (χ0) is 14.6. The van der Waals surface area contributed by atoms with Gasteiger partial charge >= 0.3 is 5.97 Å². The number of aryl methyl sites for hydroxylation is 1. The standard InChI is InChI=1S/C14H21NO4/c1-5-7-14(3,4)15-12(16)11-8-9(13(17)18)10(6-2)19-11/h8H,5-7H2,1-4H3,(H,15,16)(H,17,18). The Morgan fingerprint density at radius 3 is 2.42 bits per heavy atom. The first-order valence-corrected chi connectivity index (χ1v) is 6.49. The van der Waals surface area contributed by atoms with Crippen LogP contribution in [0, 0.1) is 0 Å². The molecule has 1 aromatic rings. The van der Waals surface area contributed by atoms with Gasteiger partial charge in [-0.3, -0.25) is 4.79 Å². The summed E-state index contributed by atoms with van der Waals surface area (Å²) >= 11 is 0. The lowest BCUT2D eigenvalue weighted by atomic mass is 9.99. The van der Waals surface area contributed by atoms with Crippen LogP contribution in [0.1, 0.15) is 67.2 Å². The Morgan fingerprint density at radius 2 is 2.00 bits per heavy atom. The summed E-state index contributed by atoms with van der Waals surface area (Å²) in [6.07, 6.45) is 2.23. The molecule has 2 N–H and O–H groups in total. The summed E-state index contributed by atoms with van der Waals surface area (Å²) < 4.78 is 5.32. The highest BCUT2D eigenvalue weighted by molar-refractivity contribution is 5.96. The van der Waals surface area contributed by atoms with Crippen molar-refractivity contribution >= 4 is 11.9 Å². The highest BCUT2D eigenvalue weighted by Gasteiger charge is 2.24. The summed E-state index contributed by atoms with van der Waals surface area (Å²) in [6.45, 7) is 7.68. The van der Waals surface area contributed by atoms with Gasteiger partial charge in [-0.2, -0.15) is 0 Å². The van der Waals surface area contributed by atoms with Gasteiger partial charge in [0.05, 0.1) is 0 Å². The molecule has 19 heavy (non-hydrogen) atoms. The van der Waals surface area contributed by atoms with Crippen molar-refractivity contribution in [3.8, 4) is 0 Å². The molecule has 0 aliphatic heterocycles. The zero-order valence-electron chi connectivity index (χ0n) is 11.9. The Bertz CT molecular complexity index is 474. The van der Waals surface area contributed by atoms with Gasteiger partial charge in [0.25, 0.3) is 5.91 Å². The minimum Gasteiger partial charge on any atom is -0.478 e. The van der Waals surface area contributed by atoms with Crippen LogP contribution in [-0.2, 0) is 6.42 Å². The molecule has 0 spiro atoms. The summed E-state index contributed by atoms with van der Waals surface area (Å²) in [4.78, 5) is 23.1. The number of aromatic carboxylic acids is 1. The van der Waals surface area contributed by atoms with Gasteiger partial charge in [0, 0.05) is 18.0 Å². The van der Waals surface area contributed by atoms with Crippen molar-refractivity contribution in [3.63, 3.8) is 0 Å². The maximum atomic E-state index is 12.0. The molecule has 0 unspecified atom stereocenters. The van der Waals surface area contributed by atoms with Crippen molar-refractivity contribution in [3.05, 3.63) is 23.2 Å². The number of carbonyl (C=O) groups is 2. The smallest absolute Gasteiger partial charge is 0.339 e. The van der Waals surface area contributed by atoms with E-state index in [2.05, 4.69) is 5.32 Å². The normalized spacial score (nSPS) is 11.4. The first-order chi connectivity index (χ1) is 8.80. The summed E-state index contributed by atoms with van der Waals surface area (Å²) in [5.74, 6) is -1.07. The van der Waals surface area contributed by atoms with Crippen LogP contribution in [0.2, 0.25) is 0 Å². The molecule has 5 nitrogen and oxygen atoms in total. The van der Waals surface area contributed by atoms with Crippen LogP contribution < -0.4 is 5.32 Å². The molecule has 1 aromatic heterocycles. The molecular formula is C14H21NO4. The number of hydrogen-bond donors (Lipinski definition) is 2. The highest BCUT2D eigenvalue weighted by atomic mass is 16.4. The quantitative estimate of drug-likeness (QED) is 0.830. The van der Waals surface area contributed by atoms with E-state index in [1.807, 2.05) is 20.8 Å². The maximum absolute atomic E-state index is 12.0. The van der Waals surface area contributed by atoms with Crippen LogP contribution in [0.5, 0.6) is 0 Å². The molecule has 0 aliphatic rings. The Hall–Kier alpha value is -1.78. The van der Waals surface area contributed by atoms with Crippen LogP contribution >= 0.6 is 0 Å². The average Bonchev–Trinajstić information content (AvgIpc) is 2.72. The number of carbonyl (C=O) groups excluding carboxylic acids is 1. The van der Waals surface area contributed by atoms with Crippen molar-refractivity contribution in [1.29, 1.82) is 0 Å². The Morgan fingerprint density at radius 1 is 1.37 bits per heavy atom. The maximum Gasteiger partial charge on any atom is 0.339 e. The van der Waals surface area contributed by atoms with E-state index in [0.29, 0.717) is 12.2 Å². The monoisotopic (exact) mass is 267 g/mol. The number of rotatable bonds is 6. The van der Waals surface area contributed by atoms with Gasteiger partial charge in [-0.05, 0) is 20.3 Å². The molecule has 0 atom stereocenters. The molecular weight excluding hydrogens is 246 g/mol. The topological polar surface area (TPSA) is 79.5 Å². The average molecular weight is 267 g/mol. The Balaban J connectivity index is 2.92. The summed E-state index contributed by atoms with van der Waals surface area (Å²) in [5.41, 5.74) is -0.282. The first-order valence-electron chi connectivity index (χ1n) is 6.49. The molecule has 0 saturated carbocycles. The van der Waals surface area contributed by atoms with Crippen molar-refractivity contribution in [1.82, 2.24) is 5.32 Å². The van der Waals surface area contributed by atoms with Gasteiger partial charge in [-0.25, -0.2) is 4.79 Å². The zero-order valence-corrected chi connectivity index (χ0v) is 11.9. The van der Waals surface area contributed by atoms with E-state index >= 15 is 0 Å². The minimum absolute atomic E-state index is 0.0541. The van der Waals surface area contributed by atoms with Crippen molar-refractivity contribution < 1.29 is 19.1 Å². The SMILES string of the molecule is CCCC(C)(C)NC(=O)c1cc(C(=O)O)c(CC)o1. The van der Waals surface area contributed by atoms with E-state index in [1.54, 1.807) is 6.92 Å².